The maximum Gasteiger partial charge on any atom is 0.416 e. The molecule has 0 aromatic heterocycles. The zero-order chi connectivity index (χ0) is 15.7. The van der Waals surface area contributed by atoms with Gasteiger partial charge in [-0.2, -0.15) is 13.2 Å². The van der Waals surface area contributed by atoms with Gasteiger partial charge >= 0.3 is 6.18 Å². The first kappa shape index (κ1) is 16.1. The van der Waals surface area contributed by atoms with Crippen LogP contribution in [0.25, 0.3) is 0 Å². The van der Waals surface area contributed by atoms with Crippen molar-refractivity contribution in [3.8, 4) is 0 Å². The third-order valence-corrected chi connectivity index (χ3v) is 4.68. The molecule has 0 atom stereocenters. The second-order valence-electron chi connectivity index (χ2n) is 4.14. The predicted octanol–water partition coefficient (Wildman–Crippen LogP) is 4.11. The minimum atomic E-state index is -4.52. The molecule has 8 heteroatoms. The number of nitrogens with one attached hydrogen (secondary N) is 1. The van der Waals surface area contributed by atoms with Gasteiger partial charge in [0, 0.05) is 9.26 Å². The van der Waals surface area contributed by atoms with Crippen LogP contribution in [0.4, 0.5) is 18.9 Å². The van der Waals surface area contributed by atoms with Crippen molar-refractivity contribution in [2.75, 3.05) is 4.72 Å². The summed E-state index contributed by atoms with van der Waals surface area (Å²) in [5, 5.41) is 0. The minimum absolute atomic E-state index is 0.0136. The van der Waals surface area contributed by atoms with Crippen LogP contribution in [0.15, 0.2) is 53.4 Å². The fraction of sp³-hybridized carbons (Fsp3) is 0.0769. The Labute approximate surface area is 133 Å². The van der Waals surface area contributed by atoms with Gasteiger partial charge in [-0.05, 0) is 65.1 Å². The summed E-state index contributed by atoms with van der Waals surface area (Å²) >= 11 is 2.02. The number of hydrogen-bond acceptors (Lipinski definition) is 2. The van der Waals surface area contributed by atoms with Crippen molar-refractivity contribution in [2.24, 2.45) is 0 Å². The first-order valence-corrected chi connectivity index (χ1v) is 8.20. The Kier molecular flexibility index (Phi) is 4.47. The van der Waals surface area contributed by atoms with Crippen LogP contribution in [-0.2, 0) is 16.2 Å². The van der Waals surface area contributed by atoms with Crippen molar-refractivity contribution < 1.29 is 21.6 Å². The first-order valence-electron chi connectivity index (χ1n) is 5.64. The van der Waals surface area contributed by atoms with Crippen molar-refractivity contribution in [2.45, 2.75) is 11.1 Å². The van der Waals surface area contributed by atoms with E-state index in [0.29, 0.717) is 0 Å². The van der Waals surface area contributed by atoms with Crippen LogP contribution in [0.5, 0.6) is 0 Å². The second kappa shape index (κ2) is 5.84. The molecule has 0 aliphatic rings. The highest BCUT2D eigenvalue weighted by Crippen LogP contribution is 2.31. The van der Waals surface area contributed by atoms with Crippen molar-refractivity contribution >= 4 is 38.3 Å². The molecule has 2 rings (SSSR count). The molecular formula is C13H9F3INO2S. The normalized spacial score (nSPS) is 12.2. The molecule has 0 saturated heterocycles. The molecule has 1 N–H and O–H groups in total. The van der Waals surface area contributed by atoms with E-state index in [2.05, 4.69) is 4.72 Å². The van der Waals surface area contributed by atoms with Crippen LogP contribution in [0.2, 0.25) is 0 Å². The quantitative estimate of drug-likeness (QED) is 0.750. The zero-order valence-corrected chi connectivity index (χ0v) is 13.3. The molecule has 0 saturated carbocycles. The lowest BCUT2D eigenvalue weighted by atomic mass is 10.2. The van der Waals surface area contributed by atoms with Crippen LogP contribution >= 0.6 is 22.6 Å². The van der Waals surface area contributed by atoms with Gasteiger partial charge < -0.3 is 0 Å². The highest BCUT2D eigenvalue weighted by molar-refractivity contribution is 14.1. The van der Waals surface area contributed by atoms with Gasteiger partial charge in [-0.1, -0.05) is 6.07 Å². The van der Waals surface area contributed by atoms with Gasteiger partial charge in [0.1, 0.15) is 0 Å². The molecule has 2 aromatic rings. The van der Waals surface area contributed by atoms with Gasteiger partial charge in [0.2, 0.25) is 0 Å². The molecule has 112 valence electrons. The van der Waals surface area contributed by atoms with Gasteiger partial charge in [0.05, 0.1) is 10.5 Å². The Morgan fingerprint density at radius 2 is 1.62 bits per heavy atom. The summed E-state index contributed by atoms with van der Waals surface area (Å²) in [5.74, 6) is 0. The maximum absolute atomic E-state index is 12.6. The Hall–Kier alpha value is -1.29. The molecule has 0 bridgehead atoms. The van der Waals surface area contributed by atoms with Crippen LogP contribution in [-0.4, -0.2) is 8.42 Å². The molecule has 2 aromatic carbocycles. The largest absolute Gasteiger partial charge is 0.416 e. The Balaban J connectivity index is 2.31. The Morgan fingerprint density at radius 1 is 1.00 bits per heavy atom. The van der Waals surface area contributed by atoms with Crippen LogP contribution in [0, 0.1) is 3.57 Å². The lowest BCUT2D eigenvalue weighted by Gasteiger charge is -2.11. The number of alkyl halides is 3. The molecule has 0 heterocycles. The average Bonchev–Trinajstić information content (AvgIpc) is 2.38. The van der Waals surface area contributed by atoms with E-state index in [1.807, 2.05) is 22.6 Å². The summed E-state index contributed by atoms with van der Waals surface area (Å²) in [7, 11) is -3.91. The van der Waals surface area contributed by atoms with Crippen molar-refractivity contribution in [1.29, 1.82) is 0 Å². The fourth-order valence-electron chi connectivity index (χ4n) is 1.59. The molecule has 0 radical (unpaired) electrons. The second-order valence-corrected chi connectivity index (χ2v) is 7.07. The number of benzene rings is 2. The van der Waals surface area contributed by atoms with Crippen LogP contribution < -0.4 is 4.72 Å². The lowest BCUT2D eigenvalue weighted by Crippen LogP contribution is -2.14. The molecule has 0 aliphatic carbocycles. The third-order valence-electron chi connectivity index (χ3n) is 2.57. The zero-order valence-electron chi connectivity index (χ0n) is 10.4. The SMILES string of the molecule is O=S(=O)(Nc1cccc(C(F)(F)F)c1)c1ccc(I)cc1. The van der Waals surface area contributed by atoms with Gasteiger partial charge in [-0.3, -0.25) is 4.72 Å². The molecule has 0 fully saturated rings. The smallest absolute Gasteiger partial charge is 0.280 e. The standard InChI is InChI=1S/C13H9F3INO2S/c14-13(15,16)9-2-1-3-11(8-9)18-21(19,20)12-6-4-10(17)5-7-12/h1-8,18H. The molecule has 3 nitrogen and oxygen atoms in total. The first-order chi connectivity index (χ1) is 9.68. The third kappa shape index (κ3) is 4.10. The summed E-state index contributed by atoms with van der Waals surface area (Å²) in [6, 6.07) is 10.0. The lowest BCUT2D eigenvalue weighted by molar-refractivity contribution is -0.137. The van der Waals surface area contributed by atoms with E-state index in [1.165, 1.54) is 18.2 Å². The van der Waals surface area contributed by atoms with E-state index < -0.39 is 21.8 Å². The highest BCUT2D eigenvalue weighted by atomic mass is 127. The van der Waals surface area contributed by atoms with E-state index >= 15 is 0 Å². The summed E-state index contributed by atoms with van der Waals surface area (Å²) < 4.78 is 64.9. The number of halogens is 4. The molecular weight excluding hydrogens is 418 g/mol. The minimum Gasteiger partial charge on any atom is -0.280 e. The van der Waals surface area contributed by atoms with Crippen molar-refractivity contribution in [3.63, 3.8) is 0 Å². The van der Waals surface area contributed by atoms with Crippen molar-refractivity contribution in [1.82, 2.24) is 0 Å². The van der Waals surface area contributed by atoms with E-state index in [9.17, 15) is 21.6 Å². The topological polar surface area (TPSA) is 46.2 Å². The molecule has 0 spiro atoms. The maximum atomic E-state index is 12.6. The molecule has 0 amide bonds. The summed E-state index contributed by atoms with van der Waals surface area (Å²) in [4.78, 5) is -0.0136. The fourth-order valence-corrected chi connectivity index (χ4v) is 3.00. The average molecular weight is 427 g/mol. The number of rotatable bonds is 3. The van der Waals surface area contributed by atoms with Gasteiger partial charge in [0.25, 0.3) is 10.0 Å². The predicted molar refractivity (Wildman–Crippen MR) is 81.4 cm³/mol. The van der Waals surface area contributed by atoms with E-state index in [4.69, 9.17) is 0 Å². The van der Waals surface area contributed by atoms with E-state index in [-0.39, 0.29) is 10.6 Å². The Morgan fingerprint density at radius 3 is 2.19 bits per heavy atom. The summed E-state index contributed by atoms with van der Waals surface area (Å²) in [6.07, 6.45) is -4.52. The highest BCUT2D eigenvalue weighted by Gasteiger charge is 2.30. The van der Waals surface area contributed by atoms with Gasteiger partial charge in [0.15, 0.2) is 0 Å². The number of sulfonamides is 1. The number of anilines is 1. The van der Waals surface area contributed by atoms with Gasteiger partial charge in [-0.15, -0.1) is 0 Å². The monoisotopic (exact) mass is 427 g/mol. The summed E-state index contributed by atoms with van der Waals surface area (Å²) in [6.45, 7) is 0. The Bertz CT molecular complexity index is 743. The van der Waals surface area contributed by atoms with E-state index in [1.54, 1.807) is 12.1 Å². The van der Waals surface area contributed by atoms with Crippen molar-refractivity contribution in [3.05, 3.63) is 57.7 Å². The van der Waals surface area contributed by atoms with Crippen LogP contribution in [0.3, 0.4) is 0 Å². The number of hydrogen-bond donors (Lipinski definition) is 1. The van der Waals surface area contributed by atoms with E-state index in [0.717, 1.165) is 21.8 Å². The van der Waals surface area contributed by atoms with Crippen LogP contribution in [0.1, 0.15) is 5.56 Å². The molecule has 21 heavy (non-hydrogen) atoms. The molecule has 0 aliphatic heterocycles. The summed E-state index contributed by atoms with van der Waals surface area (Å²) in [5.41, 5.74) is -1.05. The van der Waals surface area contributed by atoms with Gasteiger partial charge in [-0.25, -0.2) is 8.42 Å². The molecule has 0 unspecified atom stereocenters.